The van der Waals surface area contributed by atoms with Crippen molar-refractivity contribution in [2.75, 3.05) is 0 Å². The Balaban J connectivity index is 2.10. The summed E-state index contributed by atoms with van der Waals surface area (Å²) < 4.78 is 5.47. The highest BCUT2D eigenvalue weighted by molar-refractivity contribution is 7.80. The Morgan fingerprint density at radius 2 is 2.17 bits per heavy atom. The fraction of sp³-hybridized carbons (Fsp3) is 0.308. The van der Waals surface area contributed by atoms with Crippen molar-refractivity contribution in [2.45, 2.75) is 31.7 Å². The maximum Gasteiger partial charge on any atom is 0.261 e. The third-order valence-electron chi connectivity index (χ3n) is 2.70. The van der Waals surface area contributed by atoms with Crippen LogP contribution in [0.3, 0.4) is 0 Å². The van der Waals surface area contributed by atoms with Crippen LogP contribution < -0.4 is 5.32 Å². The molecule has 18 heavy (non-hydrogen) atoms. The van der Waals surface area contributed by atoms with E-state index in [1.165, 1.54) is 11.3 Å². The number of thiol groups is 1. The summed E-state index contributed by atoms with van der Waals surface area (Å²) in [5.41, 5.74) is 1.02. The summed E-state index contributed by atoms with van der Waals surface area (Å²) in [5, 5.41) is 4.80. The third-order valence-corrected chi connectivity index (χ3v) is 4.06. The van der Waals surface area contributed by atoms with E-state index in [9.17, 15) is 4.79 Å². The number of hydrogen-bond donors (Lipinski definition) is 2. The van der Waals surface area contributed by atoms with Crippen LogP contribution in [0.1, 0.15) is 39.7 Å². The molecule has 0 saturated heterocycles. The smallest absolute Gasteiger partial charge is 0.261 e. The molecule has 1 N–H and O–H groups in total. The summed E-state index contributed by atoms with van der Waals surface area (Å²) in [5.74, 6) is 1.63. The lowest BCUT2D eigenvalue weighted by atomic mass is 10.1. The van der Waals surface area contributed by atoms with Crippen LogP contribution in [0.5, 0.6) is 0 Å². The summed E-state index contributed by atoms with van der Waals surface area (Å²) in [6.07, 6.45) is 0. The van der Waals surface area contributed by atoms with Gasteiger partial charge in [-0.3, -0.25) is 4.79 Å². The normalized spacial score (nSPS) is 12.4. The molecule has 2 rings (SSSR count). The highest BCUT2D eigenvalue weighted by atomic mass is 32.1. The number of furan rings is 1. The second kappa shape index (κ2) is 5.20. The van der Waals surface area contributed by atoms with E-state index < -0.39 is 0 Å². The molecule has 1 atom stereocenters. The Morgan fingerprint density at radius 1 is 1.44 bits per heavy atom. The van der Waals surface area contributed by atoms with Gasteiger partial charge in [-0.1, -0.05) is 0 Å². The van der Waals surface area contributed by atoms with Gasteiger partial charge in [0.05, 0.1) is 10.9 Å². The zero-order chi connectivity index (χ0) is 13.3. The predicted molar refractivity (Wildman–Crippen MR) is 75.6 cm³/mol. The molecule has 96 valence electrons. The summed E-state index contributed by atoms with van der Waals surface area (Å²) in [6, 6.07) is 3.66. The van der Waals surface area contributed by atoms with Gasteiger partial charge in [0.1, 0.15) is 11.5 Å². The zero-order valence-electron chi connectivity index (χ0n) is 10.5. The molecule has 0 spiro atoms. The molecule has 0 saturated carbocycles. The van der Waals surface area contributed by atoms with Crippen LogP contribution in [0.25, 0.3) is 0 Å². The number of amides is 1. The van der Waals surface area contributed by atoms with Crippen molar-refractivity contribution >= 4 is 29.9 Å². The summed E-state index contributed by atoms with van der Waals surface area (Å²) in [7, 11) is 0. The fourth-order valence-electron chi connectivity index (χ4n) is 1.87. The summed E-state index contributed by atoms with van der Waals surface area (Å²) >= 11 is 5.59. The molecule has 0 fully saturated rings. The van der Waals surface area contributed by atoms with Crippen molar-refractivity contribution in [3.05, 3.63) is 39.5 Å². The largest absolute Gasteiger partial charge is 0.466 e. The van der Waals surface area contributed by atoms with Gasteiger partial charge in [-0.25, -0.2) is 0 Å². The highest BCUT2D eigenvalue weighted by Crippen LogP contribution is 2.23. The summed E-state index contributed by atoms with van der Waals surface area (Å²) in [4.78, 5) is 13.5. The number of thiophene rings is 1. The zero-order valence-corrected chi connectivity index (χ0v) is 12.2. The number of hydrogen-bond acceptors (Lipinski definition) is 4. The SMILES string of the molecule is Cc1cc(C(C)NC(=O)c2cc(S)cs2)c(C)o1. The monoisotopic (exact) mass is 281 g/mol. The Bertz CT molecular complexity index is 571. The minimum absolute atomic E-state index is 0.0691. The van der Waals surface area contributed by atoms with Gasteiger partial charge in [0, 0.05) is 15.8 Å². The van der Waals surface area contributed by atoms with Crippen molar-refractivity contribution in [2.24, 2.45) is 0 Å². The minimum atomic E-state index is -0.0777. The van der Waals surface area contributed by atoms with Crippen LogP contribution in [-0.4, -0.2) is 5.91 Å². The average molecular weight is 281 g/mol. The molecule has 2 aromatic rings. The Hall–Kier alpha value is -1.20. The Labute approximate surface area is 116 Å². The molecule has 0 bridgehead atoms. The molecule has 2 aromatic heterocycles. The topological polar surface area (TPSA) is 42.2 Å². The highest BCUT2D eigenvalue weighted by Gasteiger charge is 2.16. The molecule has 0 aromatic carbocycles. The Kier molecular flexibility index (Phi) is 3.82. The Morgan fingerprint density at radius 3 is 2.67 bits per heavy atom. The molecular formula is C13H15NO2S2. The standard InChI is InChI=1S/C13H15NO2S2/c1-7-4-11(9(3)16-7)8(2)14-13(15)12-5-10(17)6-18-12/h4-6,8,17H,1-3H3,(H,14,15). The van der Waals surface area contributed by atoms with Gasteiger partial charge in [0.15, 0.2) is 0 Å². The molecule has 2 heterocycles. The third kappa shape index (κ3) is 2.79. The lowest BCUT2D eigenvalue weighted by molar-refractivity contribution is 0.0943. The van der Waals surface area contributed by atoms with Gasteiger partial charge < -0.3 is 9.73 Å². The lowest BCUT2D eigenvalue weighted by Gasteiger charge is -2.12. The van der Waals surface area contributed by atoms with Gasteiger partial charge in [-0.2, -0.15) is 0 Å². The van der Waals surface area contributed by atoms with Gasteiger partial charge >= 0.3 is 0 Å². The van der Waals surface area contributed by atoms with Crippen LogP contribution >= 0.6 is 24.0 Å². The second-order valence-electron chi connectivity index (χ2n) is 4.23. The van der Waals surface area contributed by atoms with Gasteiger partial charge in [-0.15, -0.1) is 24.0 Å². The average Bonchev–Trinajstić information content (AvgIpc) is 2.84. The first kappa shape index (κ1) is 13.2. The molecule has 0 aliphatic heterocycles. The van der Waals surface area contributed by atoms with Crippen LogP contribution in [0.2, 0.25) is 0 Å². The molecule has 5 heteroatoms. The number of aryl methyl sites for hydroxylation is 2. The summed E-state index contributed by atoms with van der Waals surface area (Å²) in [6.45, 7) is 5.75. The number of rotatable bonds is 3. The molecule has 0 radical (unpaired) electrons. The maximum atomic E-state index is 12.0. The number of carbonyl (C=O) groups is 1. The number of nitrogens with one attached hydrogen (secondary N) is 1. The van der Waals surface area contributed by atoms with Crippen molar-refractivity contribution < 1.29 is 9.21 Å². The van der Waals surface area contributed by atoms with E-state index in [4.69, 9.17) is 4.42 Å². The first-order valence-electron chi connectivity index (χ1n) is 5.62. The molecular weight excluding hydrogens is 266 g/mol. The first-order valence-corrected chi connectivity index (χ1v) is 6.95. The molecule has 1 unspecified atom stereocenters. The van der Waals surface area contributed by atoms with E-state index in [0.717, 1.165) is 22.0 Å². The van der Waals surface area contributed by atoms with Crippen LogP contribution in [-0.2, 0) is 0 Å². The van der Waals surface area contributed by atoms with Crippen molar-refractivity contribution in [3.8, 4) is 0 Å². The van der Waals surface area contributed by atoms with Crippen molar-refractivity contribution in [3.63, 3.8) is 0 Å². The van der Waals surface area contributed by atoms with E-state index in [2.05, 4.69) is 17.9 Å². The first-order chi connectivity index (χ1) is 8.47. The van der Waals surface area contributed by atoms with E-state index in [0.29, 0.717) is 4.88 Å². The van der Waals surface area contributed by atoms with E-state index in [1.54, 1.807) is 6.07 Å². The molecule has 3 nitrogen and oxygen atoms in total. The van der Waals surface area contributed by atoms with Gasteiger partial charge in [0.2, 0.25) is 0 Å². The van der Waals surface area contributed by atoms with Crippen LogP contribution in [0.15, 0.2) is 26.8 Å². The maximum absolute atomic E-state index is 12.0. The van der Waals surface area contributed by atoms with Crippen molar-refractivity contribution in [1.29, 1.82) is 0 Å². The van der Waals surface area contributed by atoms with E-state index in [-0.39, 0.29) is 11.9 Å². The minimum Gasteiger partial charge on any atom is -0.466 e. The molecule has 0 aliphatic carbocycles. The van der Waals surface area contributed by atoms with Crippen molar-refractivity contribution in [1.82, 2.24) is 5.32 Å². The molecule has 0 aliphatic rings. The lowest BCUT2D eigenvalue weighted by Crippen LogP contribution is -2.26. The second-order valence-corrected chi connectivity index (χ2v) is 5.66. The number of carbonyl (C=O) groups excluding carboxylic acids is 1. The van der Waals surface area contributed by atoms with Crippen LogP contribution in [0.4, 0.5) is 0 Å². The van der Waals surface area contributed by atoms with Crippen LogP contribution in [0, 0.1) is 13.8 Å². The van der Waals surface area contributed by atoms with E-state index in [1.807, 2.05) is 32.2 Å². The van der Waals surface area contributed by atoms with Gasteiger partial charge in [-0.05, 0) is 32.9 Å². The molecule has 1 amide bonds. The van der Waals surface area contributed by atoms with E-state index >= 15 is 0 Å². The fourth-order valence-corrected chi connectivity index (χ4v) is 2.92. The van der Waals surface area contributed by atoms with Gasteiger partial charge in [0.25, 0.3) is 5.91 Å². The predicted octanol–water partition coefficient (Wildman–Crippen LogP) is 3.74. The quantitative estimate of drug-likeness (QED) is 0.842.